The number of pyridine rings is 1. The number of anilines is 1. The van der Waals surface area contributed by atoms with E-state index in [4.69, 9.17) is 21.1 Å². The molecule has 2 atom stereocenters. The van der Waals surface area contributed by atoms with Crippen molar-refractivity contribution in [3.05, 3.63) is 22.8 Å². The average Bonchev–Trinajstić information content (AvgIpc) is 2.54. The molecule has 0 saturated carbocycles. The lowest BCUT2D eigenvalue weighted by Crippen LogP contribution is -2.22. The van der Waals surface area contributed by atoms with Crippen molar-refractivity contribution in [2.75, 3.05) is 18.5 Å². The molecule has 2 unspecified atom stereocenters. The quantitative estimate of drug-likeness (QED) is 0.430. The van der Waals surface area contributed by atoms with Crippen LogP contribution in [0.2, 0.25) is 5.15 Å². The Morgan fingerprint density at radius 3 is 2.22 bits per heavy atom. The predicted octanol–water partition coefficient (Wildman–Crippen LogP) is 5.43. The van der Waals surface area contributed by atoms with Gasteiger partial charge < -0.3 is 14.8 Å². The van der Waals surface area contributed by atoms with Crippen LogP contribution in [0.1, 0.15) is 65.7 Å². The zero-order valence-corrected chi connectivity index (χ0v) is 15.8. The summed E-state index contributed by atoms with van der Waals surface area (Å²) in [6.45, 7) is 11.7. The van der Waals surface area contributed by atoms with Crippen LogP contribution in [0.25, 0.3) is 0 Å². The summed E-state index contributed by atoms with van der Waals surface area (Å²) in [5.41, 5.74) is 0.774. The highest BCUT2D eigenvalue weighted by molar-refractivity contribution is 6.30. The Kier molecular flexibility index (Phi) is 9.53. The van der Waals surface area contributed by atoms with E-state index < -0.39 is 6.29 Å². The van der Waals surface area contributed by atoms with Gasteiger partial charge in [-0.3, -0.25) is 0 Å². The van der Waals surface area contributed by atoms with Crippen molar-refractivity contribution in [2.24, 2.45) is 5.92 Å². The molecule has 0 aliphatic heterocycles. The van der Waals surface area contributed by atoms with Crippen molar-refractivity contribution >= 4 is 17.4 Å². The number of rotatable bonds is 11. The maximum absolute atomic E-state index is 6.34. The van der Waals surface area contributed by atoms with Crippen molar-refractivity contribution < 1.29 is 9.47 Å². The van der Waals surface area contributed by atoms with Gasteiger partial charge >= 0.3 is 0 Å². The summed E-state index contributed by atoms with van der Waals surface area (Å²) in [5, 5.41) is 3.92. The van der Waals surface area contributed by atoms with Gasteiger partial charge in [-0.05, 0) is 44.7 Å². The van der Waals surface area contributed by atoms with E-state index in [2.05, 4.69) is 31.1 Å². The van der Waals surface area contributed by atoms with Crippen LogP contribution in [0, 0.1) is 5.92 Å². The fraction of sp³-hybridized carbons (Fsp3) is 0.722. The summed E-state index contributed by atoms with van der Waals surface area (Å²) >= 11 is 6.34. The summed E-state index contributed by atoms with van der Waals surface area (Å²) in [4.78, 5) is 4.47. The van der Waals surface area contributed by atoms with Crippen molar-refractivity contribution in [3.8, 4) is 0 Å². The standard InChI is InChI=1S/C18H31ClN2O2/c1-6-13(5)12-14(7-2)20-16-11-10-15(17(19)21-16)18(22-8-3)23-9-4/h10-11,13-14,18H,6-9,12H2,1-5H3,(H,20,21). The van der Waals surface area contributed by atoms with E-state index in [0.29, 0.717) is 30.3 Å². The van der Waals surface area contributed by atoms with E-state index in [0.717, 1.165) is 24.2 Å². The van der Waals surface area contributed by atoms with E-state index in [1.165, 1.54) is 6.42 Å². The maximum Gasteiger partial charge on any atom is 0.186 e. The second-order valence-corrected chi connectivity index (χ2v) is 6.18. The molecule has 1 aromatic rings. The molecule has 1 N–H and O–H groups in total. The molecule has 5 heteroatoms. The third-order valence-electron chi connectivity index (χ3n) is 4.00. The Morgan fingerprint density at radius 1 is 1.09 bits per heavy atom. The maximum atomic E-state index is 6.34. The fourth-order valence-electron chi connectivity index (χ4n) is 2.42. The highest BCUT2D eigenvalue weighted by Crippen LogP contribution is 2.27. The summed E-state index contributed by atoms with van der Waals surface area (Å²) in [6, 6.07) is 4.30. The molecule has 0 saturated heterocycles. The van der Waals surface area contributed by atoms with Gasteiger partial charge in [-0.15, -0.1) is 0 Å². The molecule has 0 bridgehead atoms. The van der Waals surface area contributed by atoms with Crippen molar-refractivity contribution in [2.45, 2.75) is 66.2 Å². The van der Waals surface area contributed by atoms with Crippen LogP contribution in [-0.4, -0.2) is 24.2 Å². The van der Waals surface area contributed by atoms with E-state index in [9.17, 15) is 0 Å². The molecule has 0 fully saturated rings. The predicted molar refractivity (Wildman–Crippen MR) is 97.0 cm³/mol. The van der Waals surface area contributed by atoms with Gasteiger partial charge in [0.1, 0.15) is 11.0 Å². The first-order chi connectivity index (χ1) is 11.0. The second-order valence-electron chi connectivity index (χ2n) is 5.82. The number of aromatic nitrogens is 1. The topological polar surface area (TPSA) is 43.4 Å². The van der Waals surface area contributed by atoms with Gasteiger partial charge in [0, 0.05) is 24.8 Å². The monoisotopic (exact) mass is 342 g/mol. The Morgan fingerprint density at radius 2 is 1.74 bits per heavy atom. The molecule has 4 nitrogen and oxygen atoms in total. The lowest BCUT2D eigenvalue weighted by molar-refractivity contribution is -0.140. The molecule has 1 aromatic heterocycles. The van der Waals surface area contributed by atoms with E-state index in [1.54, 1.807) is 0 Å². The molecule has 23 heavy (non-hydrogen) atoms. The Hall–Kier alpha value is -0.840. The van der Waals surface area contributed by atoms with Crippen molar-refractivity contribution in [3.63, 3.8) is 0 Å². The van der Waals surface area contributed by atoms with Gasteiger partial charge in [0.15, 0.2) is 6.29 Å². The Balaban J connectivity index is 2.81. The molecule has 1 heterocycles. The van der Waals surface area contributed by atoms with Crippen LogP contribution in [0.5, 0.6) is 0 Å². The number of nitrogens with zero attached hydrogens (tertiary/aromatic N) is 1. The van der Waals surface area contributed by atoms with Crippen LogP contribution in [0.15, 0.2) is 12.1 Å². The summed E-state index contributed by atoms with van der Waals surface area (Å²) < 4.78 is 11.2. The Labute approximate surface area is 145 Å². The first-order valence-corrected chi connectivity index (χ1v) is 9.09. The molecule has 132 valence electrons. The van der Waals surface area contributed by atoms with E-state index in [-0.39, 0.29) is 0 Å². The SMILES string of the molecule is CCOC(OCC)c1ccc(NC(CC)CC(C)CC)nc1Cl. The first kappa shape index (κ1) is 20.2. The zero-order valence-electron chi connectivity index (χ0n) is 15.1. The van der Waals surface area contributed by atoms with Crippen LogP contribution in [0.4, 0.5) is 5.82 Å². The molecule has 0 spiro atoms. The number of hydrogen-bond donors (Lipinski definition) is 1. The lowest BCUT2D eigenvalue weighted by atomic mass is 9.98. The van der Waals surface area contributed by atoms with Crippen LogP contribution < -0.4 is 5.32 Å². The number of hydrogen-bond acceptors (Lipinski definition) is 4. The van der Waals surface area contributed by atoms with Gasteiger partial charge in [-0.1, -0.05) is 38.8 Å². The van der Waals surface area contributed by atoms with E-state index >= 15 is 0 Å². The van der Waals surface area contributed by atoms with Crippen LogP contribution in [0.3, 0.4) is 0 Å². The smallest absolute Gasteiger partial charge is 0.186 e. The van der Waals surface area contributed by atoms with Gasteiger partial charge in [0.05, 0.1) is 0 Å². The molecule has 0 aliphatic rings. The Bertz CT molecular complexity index is 451. The van der Waals surface area contributed by atoms with Gasteiger partial charge in [0.25, 0.3) is 0 Å². The first-order valence-electron chi connectivity index (χ1n) is 8.71. The van der Waals surface area contributed by atoms with Gasteiger partial charge in [-0.2, -0.15) is 0 Å². The molecular formula is C18H31ClN2O2. The molecule has 0 radical (unpaired) electrons. The summed E-state index contributed by atoms with van der Waals surface area (Å²) in [6.07, 6.45) is 2.93. The lowest BCUT2D eigenvalue weighted by Gasteiger charge is -2.22. The highest BCUT2D eigenvalue weighted by atomic mass is 35.5. The number of halogens is 1. The number of nitrogens with one attached hydrogen (secondary N) is 1. The van der Waals surface area contributed by atoms with Crippen molar-refractivity contribution in [1.82, 2.24) is 4.98 Å². The molecule has 0 aliphatic carbocycles. The molecular weight excluding hydrogens is 312 g/mol. The third-order valence-corrected chi connectivity index (χ3v) is 4.30. The minimum absolute atomic E-state index is 0.411. The number of ether oxygens (including phenoxy) is 2. The summed E-state index contributed by atoms with van der Waals surface area (Å²) in [7, 11) is 0. The summed E-state index contributed by atoms with van der Waals surface area (Å²) in [5.74, 6) is 1.50. The minimum atomic E-state index is -0.457. The van der Waals surface area contributed by atoms with Crippen molar-refractivity contribution in [1.29, 1.82) is 0 Å². The minimum Gasteiger partial charge on any atom is -0.367 e. The third kappa shape index (κ3) is 6.66. The second kappa shape index (κ2) is 10.8. The molecule has 0 aromatic carbocycles. The van der Waals surface area contributed by atoms with Crippen LogP contribution >= 0.6 is 11.6 Å². The highest BCUT2D eigenvalue weighted by Gasteiger charge is 2.17. The van der Waals surface area contributed by atoms with Gasteiger partial charge in [0.2, 0.25) is 0 Å². The largest absolute Gasteiger partial charge is 0.367 e. The molecule has 0 amide bonds. The van der Waals surface area contributed by atoms with E-state index in [1.807, 2.05) is 26.0 Å². The van der Waals surface area contributed by atoms with Crippen LogP contribution in [-0.2, 0) is 9.47 Å². The van der Waals surface area contributed by atoms with Gasteiger partial charge in [-0.25, -0.2) is 4.98 Å². The molecule has 1 rings (SSSR count). The fourth-order valence-corrected chi connectivity index (χ4v) is 2.66. The normalized spacial score (nSPS) is 14.0. The average molecular weight is 343 g/mol. The zero-order chi connectivity index (χ0) is 17.2.